The van der Waals surface area contributed by atoms with Gasteiger partial charge in [-0.2, -0.15) is 13.9 Å². The molecule has 2 rings (SSSR count). The van der Waals surface area contributed by atoms with Crippen LogP contribution in [0.3, 0.4) is 0 Å². The Morgan fingerprint density at radius 1 is 1.38 bits per heavy atom. The summed E-state index contributed by atoms with van der Waals surface area (Å²) in [5, 5.41) is 17.6. The van der Waals surface area contributed by atoms with Crippen molar-refractivity contribution in [2.75, 3.05) is 5.32 Å². The maximum absolute atomic E-state index is 13.5. The van der Waals surface area contributed by atoms with E-state index in [0.29, 0.717) is 10.4 Å². The second-order valence-electron chi connectivity index (χ2n) is 6.14. The summed E-state index contributed by atoms with van der Waals surface area (Å²) in [4.78, 5) is 27.4. The fourth-order valence-electron chi connectivity index (χ4n) is 2.60. The minimum absolute atomic E-state index is 0.0269. The average Bonchev–Trinajstić information content (AvgIpc) is 3.10. The molecule has 8 nitrogen and oxygen atoms in total. The normalized spacial score (nSPS) is 12.8. The van der Waals surface area contributed by atoms with Gasteiger partial charge in [0, 0.05) is 11.8 Å². The van der Waals surface area contributed by atoms with E-state index in [9.17, 15) is 18.4 Å². The topological polar surface area (TPSA) is 109 Å². The van der Waals surface area contributed by atoms with Crippen LogP contribution < -0.4 is 10.6 Å². The second kappa shape index (κ2) is 9.58. The van der Waals surface area contributed by atoms with E-state index in [4.69, 9.17) is 5.11 Å². The molecule has 2 aromatic rings. The zero-order chi connectivity index (χ0) is 21.6. The first-order valence-corrected chi connectivity index (χ1v) is 8.64. The van der Waals surface area contributed by atoms with Crippen LogP contribution in [0.15, 0.2) is 49.8 Å². The van der Waals surface area contributed by atoms with Gasteiger partial charge in [-0.3, -0.25) is 9.78 Å². The monoisotopic (exact) mass is 405 g/mol. The molecule has 154 valence electrons. The van der Waals surface area contributed by atoms with Crippen molar-refractivity contribution in [3.8, 4) is 11.3 Å². The Morgan fingerprint density at radius 3 is 2.69 bits per heavy atom. The predicted molar refractivity (Wildman–Crippen MR) is 103 cm³/mol. The van der Waals surface area contributed by atoms with Gasteiger partial charge in [-0.25, -0.2) is 9.48 Å². The number of hydrogen-bond acceptors (Lipinski definition) is 4. The maximum atomic E-state index is 13.5. The van der Waals surface area contributed by atoms with Crippen molar-refractivity contribution in [2.24, 2.45) is 5.92 Å². The van der Waals surface area contributed by atoms with Crippen LogP contribution in [-0.4, -0.2) is 31.9 Å². The lowest BCUT2D eigenvalue weighted by atomic mass is 10.0. The molecule has 0 aliphatic carbocycles. The Labute approximate surface area is 165 Å². The van der Waals surface area contributed by atoms with Crippen LogP contribution in [0.5, 0.6) is 0 Å². The number of pyridine rings is 1. The third-order valence-electron chi connectivity index (χ3n) is 4.12. The molecule has 2 heterocycles. The molecule has 0 saturated carbocycles. The molecule has 3 N–H and O–H groups in total. The summed E-state index contributed by atoms with van der Waals surface area (Å²) >= 11 is 0. The number of carboxylic acid groups (broad SMARTS) is 1. The molecule has 0 aliphatic rings. The first-order chi connectivity index (χ1) is 13.8. The number of anilines is 1. The van der Waals surface area contributed by atoms with Gasteiger partial charge in [-0.1, -0.05) is 19.1 Å². The van der Waals surface area contributed by atoms with E-state index in [-0.39, 0.29) is 23.4 Å². The maximum Gasteiger partial charge on any atom is 0.405 e. The lowest BCUT2D eigenvalue weighted by Gasteiger charge is -2.16. The number of amides is 2. The summed E-state index contributed by atoms with van der Waals surface area (Å²) in [6.07, 6.45) is 4.43. The third-order valence-corrected chi connectivity index (χ3v) is 4.12. The lowest BCUT2D eigenvalue weighted by Crippen LogP contribution is -2.27. The van der Waals surface area contributed by atoms with Crippen molar-refractivity contribution in [3.05, 3.63) is 55.5 Å². The number of carbonyl (C=O) groups is 2. The minimum Gasteiger partial charge on any atom is -0.465 e. The van der Waals surface area contributed by atoms with E-state index in [0.717, 1.165) is 6.20 Å². The SMILES string of the molecule is C=CC[C@H](NC(=O)O)c1cc(-c2c(NC(=O)C(C)C=C)cnn2C(F)F)ccn1. The number of halogens is 2. The fourth-order valence-corrected chi connectivity index (χ4v) is 2.60. The summed E-state index contributed by atoms with van der Waals surface area (Å²) in [7, 11) is 0. The largest absolute Gasteiger partial charge is 0.465 e. The first-order valence-electron chi connectivity index (χ1n) is 8.64. The van der Waals surface area contributed by atoms with Gasteiger partial charge in [0.1, 0.15) is 0 Å². The molecule has 0 spiro atoms. The van der Waals surface area contributed by atoms with Crippen molar-refractivity contribution in [2.45, 2.75) is 25.9 Å². The number of carbonyl (C=O) groups excluding carboxylic acids is 1. The van der Waals surface area contributed by atoms with E-state index in [1.54, 1.807) is 6.92 Å². The number of nitrogens with one attached hydrogen (secondary N) is 2. The van der Waals surface area contributed by atoms with Crippen molar-refractivity contribution < 1.29 is 23.5 Å². The van der Waals surface area contributed by atoms with Gasteiger partial charge < -0.3 is 15.7 Å². The van der Waals surface area contributed by atoms with Crippen molar-refractivity contribution in [1.29, 1.82) is 0 Å². The van der Waals surface area contributed by atoms with Gasteiger partial charge in [-0.15, -0.1) is 13.2 Å². The van der Waals surface area contributed by atoms with Gasteiger partial charge in [-0.05, 0) is 18.6 Å². The molecule has 2 amide bonds. The smallest absolute Gasteiger partial charge is 0.405 e. The second-order valence-corrected chi connectivity index (χ2v) is 6.14. The zero-order valence-electron chi connectivity index (χ0n) is 15.7. The van der Waals surface area contributed by atoms with Gasteiger partial charge in [0.15, 0.2) is 0 Å². The van der Waals surface area contributed by atoms with Gasteiger partial charge in [0.2, 0.25) is 5.91 Å². The molecular formula is C19H21F2N5O3. The Morgan fingerprint density at radius 2 is 2.10 bits per heavy atom. The van der Waals surface area contributed by atoms with E-state index < -0.39 is 30.5 Å². The van der Waals surface area contributed by atoms with Crippen molar-refractivity contribution >= 4 is 17.7 Å². The molecular weight excluding hydrogens is 384 g/mol. The van der Waals surface area contributed by atoms with Crippen LogP contribution in [0.25, 0.3) is 11.3 Å². The van der Waals surface area contributed by atoms with Crippen LogP contribution in [0.1, 0.15) is 31.6 Å². The minimum atomic E-state index is -2.95. The standard InChI is InChI=1S/C19H21F2N5O3/c1-4-6-13(25-19(28)29)14-9-12(7-8-22-14)16-15(10-23-26(16)18(20)21)24-17(27)11(3)5-2/h4-5,7-11,13,18,25H,1-2,6H2,3H3,(H,24,27)(H,28,29)/t11?,13-/m0/s1. The Kier molecular flexibility index (Phi) is 7.18. The molecule has 0 saturated heterocycles. The van der Waals surface area contributed by atoms with Crippen molar-refractivity contribution in [3.63, 3.8) is 0 Å². The van der Waals surface area contributed by atoms with Gasteiger partial charge in [0.05, 0.1) is 35.2 Å². The zero-order valence-corrected chi connectivity index (χ0v) is 15.7. The lowest BCUT2D eigenvalue weighted by molar-refractivity contribution is -0.118. The highest BCUT2D eigenvalue weighted by atomic mass is 19.3. The molecule has 0 aromatic carbocycles. The number of hydrogen-bond donors (Lipinski definition) is 3. The van der Waals surface area contributed by atoms with Crippen LogP contribution in [-0.2, 0) is 4.79 Å². The first kappa shape index (κ1) is 21.7. The third kappa shape index (κ3) is 5.24. The molecule has 2 atom stereocenters. The summed E-state index contributed by atoms with van der Waals surface area (Å²) in [5.41, 5.74) is 0.660. The Balaban J connectivity index is 2.51. The van der Waals surface area contributed by atoms with E-state index >= 15 is 0 Å². The highest BCUT2D eigenvalue weighted by molar-refractivity contribution is 5.96. The highest BCUT2D eigenvalue weighted by Gasteiger charge is 2.23. The molecule has 29 heavy (non-hydrogen) atoms. The van der Waals surface area contributed by atoms with E-state index in [1.807, 2.05) is 0 Å². The molecule has 0 aliphatic heterocycles. The van der Waals surface area contributed by atoms with Crippen LogP contribution in [0, 0.1) is 5.92 Å². The fraction of sp³-hybridized carbons (Fsp3) is 0.263. The van der Waals surface area contributed by atoms with Crippen LogP contribution in [0.2, 0.25) is 0 Å². The van der Waals surface area contributed by atoms with Crippen molar-refractivity contribution in [1.82, 2.24) is 20.1 Å². The summed E-state index contributed by atoms with van der Waals surface area (Å²) in [6, 6.07) is 2.22. The quantitative estimate of drug-likeness (QED) is 0.547. The van der Waals surface area contributed by atoms with E-state index in [1.165, 1.54) is 30.5 Å². The summed E-state index contributed by atoms with van der Waals surface area (Å²) < 4.78 is 27.5. The predicted octanol–water partition coefficient (Wildman–Crippen LogP) is 3.99. The molecule has 0 bridgehead atoms. The number of rotatable bonds is 9. The number of nitrogens with zero attached hydrogens (tertiary/aromatic N) is 3. The van der Waals surface area contributed by atoms with Gasteiger partial charge in [0.25, 0.3) is 0 Å². The molecule has 0 radical (unpaired) electrons. The molecule has 2 aromatic heterocycles. The van der Waals surface area contributed by atoms with Gasteiger partial charge >= 0.3 is 12.6 Å². The van der Waals surface area contributed by atoms with Crippen LogP contribution >= 0.6 is 0 Å². The Hall–Kier alpha value is -3.56. The van der Waals surface area contributed by atoms with Crippen LogP contribution in [0.4, 0.5) is 19.3 Å². The molecule has 10 heteroatoms. The number of aromatic nitrogens is 3. The number of alkyl halides is 2. The van der Waals surface area contributed by atoms with E-state index in [2.05, 4.69) is 33.9 Å². The summed E-state index contributed by atoms with van der Waals surface area (Å²) in [5.74, 6) is -0.969. The Bertz CT molecular complexity index is 913. The molecule has 1 unspecified atom stereocenters. The highest BCUT2D eigenvalue weighted by Crippen LogP contribution is 2.33. The average molecular weight is 405 g/mol. The summed E-state index contributed by atoms with van der Waals surface area (Å²) in [6.45, 7) is 5.78. The molecule has 0 fully saturated rings.